The van der Waals surface area contributed by atoms with Crippen molar-refractivity contribution in [2.75, 3.05) is 13.6 Å². The minimum absolute atomic E-state index is 0.143. The first-order valence-electron chi connectivity index (χ1n) is 9.42. The number of aromatic carboxylic acids is 1. The molecule has 7 heteroatoms. The predicted octanol–water partition coefficient (Wildman–Crippen LogP) is 3.09. The van der Waals surface area contributed by atoms with Crippen molar-refractivity contribution in [1.29, 1.82) is 0 Å². The summed E-state index contributed by atoms with van der Waals surface area (Å²) in [6, 6.07) is 14.9. The van der Waals surface area contributed by atoms with Gasteiger partial charge in [0.15, 0.2) is 0 Å². The Morgan fingerprint density at radius 2 is 1.90 bits per heavy atom. The molecule has 4 rings (SSSR count). The Morgan fingerprint density at radius 1 is 1.13 bits per heavy atom. The second kappa shape index (κ2) is 7.79. The van der Waals surface area contributed by atoms with Gasteiger partial charge < -0.3 is 15.0 Å². The molecule has 0 atom stereocenters. The van der Waals surface area contributed by atoms with E-state index in [2.05, 4.69) is 9.97 Å². The molecule has 0 aliphatic heterocycles. The summed E-state index contributed by atoms with van der Waals surface area (Å²) < 4.78 is 0. The molecule has 4 aromatic rings. The third-order valence-electron chi connectivity index (χ3n) is 5.11. The number of aromatic amines is 1. The highest BCUT2D eigenvalue weighted by Crippen LogP contribution is 2.21. The SMILES string of the molecule is CN(CCc1ccccc1)C(=O)c1cnc2c(ccc3c(=O)c(C(=O)O)c[nH]c32)c1. The van der Waals surface area contributed by atoms with Crippen LogP contribution < -0.4 is 5.43 Å². The second-order valence-corrected chi connectivity index (χ2v) is 7.08. The van der Waals surface area contributed by atoms with Gasteiger partial charge in [-0.05, 0) is 24.1 Å². The first-order chi connectivity index (χ1) is 14.5. The zero-order valence-corrected chi connectivity index (χ0v) is 16.3. The highest BCUT2D eigenvalue weighted by Gasteiger charge is 2.16. The number of carboxylic acid groups (broad SMARTS) is 1. The highest BCUT2D eigenvalue weighted by molar-refractivity contribution is 6.06. The van der Waals surface area contributed by atoms with E-state index < -0.39 is 11.4 Å². The molecule has 2 heterocycles. The smallest absolute Gasteiger partial charge is 0.341 e. The first-order valence-corrected chi connectivity index (χ1v) is 9.42. The van der Waals surface area contributed by atoms with Gasteiger partial charge in [-0.2, -0.15) is 0 Å². The van der Waals surface area contributed by atoms with Gasteiger partial charge in [-0.25, -0.2) is 4.79 Å². The van der Waals surface area contributed by atoms with Gasteiger partial charge in [-0.15, -0.1) is 0 Å². The lowest BCUT2D eigenvalue weighted by atomic mass is 10.1. The van der Waals surface area contributed by atoms with Crippen molar-refractivity contribution >= 4 is 33.7 Å². The van der Waals surface area contributed by atoms with Crippen LogP contribution >= 0.6 is 0 Å². The van der Waals surface area contributed by atoms with Crippen molar-refractivity contribution in [3.63, 3.8) is 0 Å². The van der Waals surface area contributed by atoms with E-state index in [1.54, 1.807) is 30.1 Å². The van der Waals surface area contributed by atoms with Crippen LogP contribution in [0.1, 0.15) is 26.3 Å². The van der Waals surface area contributed by atoms with Gasteiger partial charge in [-0.1, -0.05) is 36.4 Å². The van der Waals surface area contributed by atoms with Crippen LogP contribution in [0.4, 0.5) is 0 Å². The van der Waals surface area contributed by atoms with Gasteiger partial charge in [-0.3, -0.25) is 14.6 Å². The lowest BCUT2D eigenvalue weighted by Crippen LogP contribution is -2.28. The van der Waals surface area contributed by atoms with Crippen molar-refractivity contribution in [3.8, 4) is 0 Å². The van der Waals surface area contributed by atoms with E-state index in [-0.39, 0.29) is 16.9 Å². The van der Waals surface area contributed by atoms with E-state index in [9.17, 15) is 14.4 Å². The molecule has 0 bridgehead atoms. The molecule has 0 saturated heterocycles. The van der Waals surface area contributed by atoms with Crippen molar-refractivity contribution in [2.45, 2.75) is 6.42 Å². The topological polar surface area (TPSA) is 103 Å². The lowest BCUT2D eigenvalue weighted by Gasteiger charge is -2.17. The summed E-state index contributed by atoms with van der Waals surface area (Å²) in [5.74, 6) is -1.43. The normalized spacial score (nSPS) is 11.0. The molecule has 0 saturated carbocycles. The van der Waals surface area contributed by atoms with Gasteiger partial charge in [0, 0.05) is 36.8 Å². The number of nitrogens with zero attached hydrogens (tertiary/aromatic N) is 2. The Balaban J connectivity index is 1.63. The third kappa shape index (κ3) is 3.53. The molecule has 7 nitrogen and oxygen atoms in total. The van der Waals surface area contributed by atoms with E-state index in [0.29, 0.717) is 28.5 Å². The van der Waals surface area contributed by atoms with E-state index in [0.717, 1.165) is 12.0 Å². The van der Waals surface area contributed by atoms with Crippen LogP contribution in [0.2, 0.25) is 0 Å². The number of benzene rings is 2. The molecule has 0 spiro atoms. The van der Waals surface area contributed by atoms with Crippen molar-refractivity contribution in [1.82, 2.24) is 14.9 Å². The predicted molar refractivity (Wildman–Crippen MR) is 114 cm³/mol. The van der Waals surface area contributed by atoms with Crippen LogP contribution in [0.3, 0.4) is 0 Å². The molecule has 0 aliphatic rings. The van der Waals surface area contributed by atoms with Gasteiger partial charge in [0.25, 0.3) is 5.91 Å². The van der Waals surface area contributed by atoms with E-state index >= 15 is 0 Å². The van der Waals surface area contributed by atoms with Crippen LogP contribution in [-0.4, -0.2) is 45.4 Å². The Morgan fingerprint density at radius 3 is 2.63 bits per heavy atom. The lowest BCUT2D eigenvalue weighted by molar-refractivity contribution is 0.0694. The molecule has 2 aromatic heterocycles. The average Bonchev–Trinajstić information content (AvgIpc) is 2.77. The van der Waals surface area contributed by atoms with Gasteiger partial charge in [0.05, 0.1) is 16.6 Å². The van der Waals surface area contributed by atoms with Crippen LogP contribution in [-0.2, 0) is 6.42 Å². The van der Waals surface area contributed by atoms with Gasteiger partial charge in [0.2, 0.25) is 5.43 Å². The molecule has 1 amide bonds. The summed E-state index contributed by atoms with van der Waals surface area (Å²) in [4.78, 5) is 45.3. The van der Waals surface area contributed by atoms with E-state index in [1.165, 1.54) is 12.4 Å². The molecule has 2 aromatic carbocycles. The summed E-state index contributed by atoms with van der Waals surface area (Å²) >= 11 is 0. The largest absolute Gasteiger partial charge is 0.477 e. The molecular formula is C23H19N3O4. The van der Waals surface area contributed by atoms with Crippen LogP contribution in [0.5, 0.6) is 0 Å². The summed E-state index contributed by atoms with van der Waals surface area (Å²) in [6.07, 6.45) is 3.40. The molecule has 150 valence electrons. The number of hydrogen-bond donors (Lipinski definition) is 2. The zero-order valence-electron chi connectivity index (χ0n) is 16.3. The summed E-state index contributed by atoms with van der Waals surface area (Å²) in [5.41, 5.74) is 1.66. The number of rotatable bonds is 5. The van der Waals surface area contributed by atoms with Gasteiger partial charge in [0.1, 0.15) is 5.56 Å². The van der Waals surface area contributed by atoms with Crippen LogP contribution in [0, 0.1) is 0 Å². The summed E-state index contributed by atoms with van der Waals surface area (Å²) in [6.45, 7) is 0.573. The number of nitrogens with one attached hydrogen (secondary N) is 1. The fourth-order valence-corrected chi connectivity index (χ4v) is 3.43. The Labute approximate surface area is 171 Å². The number of carbonyl (C=O) groups excluding carboxylic acids is 1. The van der Waals surface area contributed by atoms with Crippen molar-refractivity contribution in [2.24, 2.45) is 0 Å². The molecule has 30 heavy (non-hydrogen) atoms. The van der Waals surface area contributed by atoms with Crippen LogP contribution in [0.25, 0.3) is 21.8 Å². The standard InChI is InChI=1S/C23H19N3O4/c1-26(10-9-14-5-3-2-4-6-14)22(28)16-11-15-7-8-17-20(19(15)24-12-16)25-13-18(21(17)27)23(29)30/h2-8,11-13H,9-10H2,1H3,(H,25,27)(H,29,30). The third-order valence-corrected chi connectivity index (χ3v) is 5.11. The first kappa shape index (κ1) is 19.3. The van der Waals surface area contributed by atoms with Gasteiger partial charge >= 0.3 is 5.97 Å². The fourth-order valence-electron chi connectivity index (χ4n) is 3.43. The maximum atomic E-state index is 12.8. The molecule has 2 N–H and O–H groups in total. The number of aromatic nitrogens is 2. The molecule has 0 aliphatic carbocycles. The minimum Gasteiger partial charge on any atom is -0.477 e. The number of hydrogen-bond acceptors (Lipinski definition) is 4. The number of pyridine rings is 2. The Hall–Kier alpha value is -4.00. The zero-order chi connectivity index (χ0) is 21.3. The quantitative estimate of drug-likeness (QED) is 0.500. The Bertz CT molecular complexity index is 1330. The summed E-state index contributed by atoms with van der Waals surface area (Å²) in [7, 11) is 1.75. The number of likely N-dealkylation sites (N-methyl/N-ethyl adjacent to an activating group) is 1. The van der Waals surface area contributed by atoms with Crippen molar-refractivity contribution < 1.29 is 14.7 Å². The monoisotopic (exact) mass is 401 g/mol. The van der Waals surface area contributed by atoms with E-state index in [1.807, 2.05) is 30.3 Å². The second-order valence-electron chi connectivity index (χ2n) is 7.08. The number of H-pyrrole nitrogens is 1. The maximum Gasteiger partial charge on any atom is 0.341 e. The van der Waals surface area contributed by atoms with Crippen molar-refractivity contribution in [3.05, 3.63) is 87.8 Å². The number of carboxylic acids is 1. The molecule has 0 unspecified atom stereocenters. The van der Waals surface area contributed by atoms with Crippen LogP contribution in [0.15, 0.2) is 65.7 Å². The molecule has 0 radical (unpaired) electrons. The number of carbonyl (C=O) groups is 2. The summed E-state index contributed by atoms with van der Waals surface area (Å²) in [5, 5.41) is 10.1. The highest BCUT2D eigenvalue weighted by atomic mass is 16.4. The number of fused-ring (bicyclic) bond motifs is 3. The average molecular weight is 401 g/mol. The fraction of sp³-hybridized carbons (Fsp3) is 0.130. The number of amides is 1. The molecular weight excluding hydrogens is 382 g/mol. The molecule has 0 fully saturated rings. The maximum absolute atomic E-state index is 12.8. The Kier molecular flexibility index (Phi) is 5.02. The van der Waals surface area contributed by atoms with E-state index in [4.69, 9.17) is 5.11 Å². The minimum atomic E-state index is -1.29.